The summed E-state index contributed by atoms with van der Waals surface area (Å²) in [5.74, 6) is 0.315. The molecule has 2 N–H and O–H groups in total. The molecule has 1 aliphatic heterocycles. The van der Waals surface area contributed by atoms with E-state index in [-0.39, 0.29) is 5.92 Å². The fourth-order valence-corrected chi connectivity index (χ4v) is 5.76. The van der Waals surface area contributed by atoms with Gasteiger partial charge in [0, 0.05) is 67.2 Å². The third kappa shape index (κ3) is 8.53. The van der Waals surface area contributed by atoms with Crippen molar-refractivity contribution in [3.05, 3.63) is 96.0 Å². The zero-order valence-corrected chi connectivity index (χ0v) is 28.1. The molecule has 0 radical (unpaired) electrons. The first kappa shape index (κ1) is 34.0. The van der Waals surface area contributed by atoms with Crippen molar-refractivity contribution in [2.24, 2.45) is 0 Å². The van der Waals surface area contributed by atoms with Crippen LogP contribution in [0.5, 0.6) is 5.75 Å². The molecular weight excluding hydrogens is 594 g/mol. The van der Waals surface area contributed by atoms with Crippen LogP contribution in [0.2, 0.25) is 0 Å². The first-order valence-corrected chi connectivity index (χ1v) is 16.5. The van der Waals surface area contributed by atoms with Crippen molar-refractivity contribution in [1.82, 2.24) is 19.8 Å². The van der Waals surface area contributed by atoms with Crippen LogP contribution in [-0.2, 0) is 0 Å². The van der Waals surface area contributed by atoms with Crippen molar-refractivity contribution in [3.8, 4) is 16.9 Å². The van der Waals surface area contributed by atoms with Crippen molar-refractivity contribution in [3.63, 3.8) is 0 Å². The van der Waals surface area contributed by atoms with E-state index in [4.69, 9.17) is 4.74 Å². The second kappa shape index (κ2) is 16.0. The largest absolute Gasteiger partial charge is 0.494 e. The molecule has 0 amide bonds. The quantitative estimate of drug-likeness (QED) is 0.142. The van der Waals surface area contributed by atoms with Gasteiger partial charge in [-0.1, -0.05) is 51.5 Å². The summed E-state index contributed by atoms with van der Waals surface area (Å²) in [7, 11) is 3.83. The lowest BCUT2D eigenvalue weighted by atomic mass is 9.93. The molecule has 5 rings (SSSR count). The molecule has 1 aliphatic rings. The highest BCUT2D eigenvalue weighted by molar-refractivity contribution is 5.95. The number of fused-ring (bicyclic) bond motifs is 1. The SMILES string of the molecule is CCC/C=C(/C=C/CN1CCN(C)CC1)Nc1cc2c(Nc3cc(-c4ccc(F)cc4F)ccc3C(C)CC)ncnc2cc1OC. The standard InChI is InChI=1S/C38H46F2N6O/c1-6-8-10-29(11-9-16-46-19-17-45(4)18-20-46)43-36-23-32-34(24-37(36)47-5)41-25-42-38(32)44-35-21-27(12-14-30(35)26(3)7-2)31-15-13-28(39)22-33(31)40/h9-15,21-26,43H,6-8,16-20H2,1-5H3,(H,41,42,44)/b11-9+,29-10-. The number of methoxy groups -OCH3 is 1. The van der Waals surface area contributed by atoms with Gasteiger partial charge in [-0.3, -0.25) is 4.90 Å². The third-order valence-corrected chi connectivity index (χ3v) is 8.84. The van der Waals surface area contributed by atoms with E-state index in [0.29, 0.717) is 22.7 Å². The number of nitrogens with zero attached hydrogens (tertiary/aromatic N) is 4. The molecule has 248 valence electrons. The van der Waals surface area contributed by atoms with Crippen LogP contribution in [0, 0.1) is 11.6 Å². The molecule has 9 heteroatoms. The smallest absolute Gasteiger partial charge is 0.144 e. The Hall–Kier alpha value is -4.34. The lowest BCUT2D eigenvalue weighted by Gasteiger charge is -2.31. The highest BCUT2D eigenvalue weighted by Crippen LogP contribution is 2.37. The van der Waals surface area contributed by atoms with E-state index in [2.05, 4.69) is 76.4 Å². The molecule has 47 heavy (non-hydrogen) atoms. The number of allylic oxidation sites excluding steroid dienone is 2. The predicted molar refractivity (Wildman–Crippen MR) is 190 cm³/mol. The van der Waals surface area contributed by atoms with Crippen LogP contribution in [0.25, 0.3) is 22.0 Å². The maximum Gasteiger partial charge on any atom is 0.144 e. The number of hydrogen-bond donors (Lipinski definition) is 2. The predicted octanol–water partition coefficient (Wildman–Crippen LogP) is 8.74. The maximum absolute atomic E-state index is 14.8. The number of unbranched alkanes of at least 4 members (excludes halogenated alkanes) is 1. The number of aromatic nitrogens is 2. The number of rotatable bonds is 13. The van der Waals surface area contributed by atoms with Crippen LogP contribution in [0.3, 0.4) is 0 Å². The van der Waals surface area contributed by atoms with Crippen molar-refractivity contribution in [1.29, 1.82) is 0 Å². The Bertz CT molecular complexity index is 1730. The molecule has 0 bridgehead atoms. The normalized spacial score (nSPS) is 15.3. The van der Waals surface area contributed by atoms with Gasteiger partial charge in [0.15, 0.2) is 0 Å². The number of likely N-dealkylation sites (N-methyl/N-ethyl adjacent to an activating group) is 1. The Kier molecular flexibility index (Phi) is 11.6. The molecule has 0 saturated carbocycles. The summed E-state index contributed by atoms with van der Waals surface area (Å²) >= 11 is 0. The number of nitrogens with one attached hydrogen (secondary N) is 2. The average Bonchev–Trinajstić information content (AvgIpc) is 3.07. The molecule has 1 fully saturated rings. The maximum atomic E-state index is 14.8. The zero-order valence-electron chi connectivity index (χ0n) is 28.1. The third-order valence-electron chi connectivity index (χ3n) is 8.84. The summed E-state index contributed by atoms with van der Waals surface area (Å²) in [4.78, 5) is 14.0. The molecule has 1 aromatic heterocycles. The van der Waals surface area contributed by atoms with Gasteiger partial charge in [0.05, 0.1) is 18.3 Å². The first-order valence-electron chi connectivity index (χ1n) is 16.5. The van der Waals surface area contributed by atoms with Gasteiger partial charge in [0.25, 0.3) is 0 Å². The minimum Gasteiger partial charge on any atom is -0.494 e. The van der Waals surface area contributed by atoms with Crippen LogP contribution in [-0.4, -0.2) is 66.6 Å². The fourth-order valence-electron chi connectivity index (χ4n) is 5.76. The van der Waals surface area contributed by atoms with Crippen LogP contribution in [0.15, 0.2) is 78.8 Å². The number of piperazine rings is 1. The van der Waals surface area contributed by atoms with Crippen LogP contribution < -0.4 is 15.4 Å². The topological polar surface area (TPSA) is 65.5 Å². The Morgan fingerprint density at radius 1 is 1.00 bits per heavy atom. The van der Waals surface area contributed by atoms with Crippen LogP contribution >= 0.6 is 0 Å². The molecule has 0 aliphatic carbocycles. The summed E-state index contributed by atoms with van der Waals surface area (Å²) in [6, 6.07) is 13.4. The lowest BCUT2D eigenvalue weighted by Crippen LogP contribution is -2.44. The minimum atomic E-state index is -0.605. The van der Waals surface area contributed by atoms with Crippen molar-refractivity contribution in [2.45, 2.75) is 46.0 Å². The highest BCUT2D eigenvalue weighted by Gasteiger charge is 2.17. The van der Waals surface area contributed by atoms with E-state index in [1.165, 1.54) is 18.5 Å². The monoisotopic (exact) mass is 640 g/mol. The lowest BCUT2D eigenvalue weighted by molar-refractivity contribution is 0.166. The molecule has 1 atom stereocenters. The highest BCUT2D eigenvalue weighted by atomic mass is 19.1. The fraction of sp³-hybridized carbons (Fsp3) is 0.368. The van der Waals surface area contributed by atoms with Gasteiger partial charge < -0.3 is 20.3 Å². The molecule has 0 spiro atoms. The number of hydrogen-bond acceptors (Lipinski definition) is 7. The van der Waals surface area contributed by atoms with E-state index >= 15 is 0 Å². The number of halogens is 2. The summed E-state index contributed by atoms with van der Waals surface area (Å²) < 4.78 is 34.3. The Balaban J connectivity index is 1.49. The van der Waals surface area contributed by atoms with Crippen molar-refractivity contribution in [2.75, 3.05) is 57.5 Å². The molecule has 7 nitrogen and oxygen atoms in total. The van der Waals surface area contributed by atoms with E-state index in [0.717, 1.165) is 91.6 Å². The molecule has 1 saturated heterocycles. The number of benzene rings is 3. The number of anilines is 3. The van der Waals surface area contributed by atoms with Gasteiger partial charge >= 0.3 is 0 Å². The second-order valence-corrected chi connectivity index (χ2v) is 12.2. The molecule has 1 unspecified atom stereocenters. The average molecular weight is 641 g/mol. The van der Waals surface area contributed by atoms with E-state index < -0.39 is 11.6 Å². The molecule has 4 aromatic rings. The van der Waals surface area contributed by atoms with Gasteiger partial charge in [-0.2, -0.15) is 0 Å². The van der Waals surface area contributed by atoms with Gasteiger partial charge in [-0.05, 0) is 67.3 Å². The van der Waals surface area contributed by atoms with E-state index in [9.17, 15) is 8.78 Å². The molecular formula is C38H46F2N6O. The van der Waals surface area contributed by atoms with Crippen LogP contribution in [0.4, 0.5) is 26.0 Å². The summed E-state index contributed by atoms with van der Waals surface area (Å²) in [6.07, 6.45) is 11.0. The molecule has 2 heterocycles. The van der Waals surface area contributed by atoms with Crippen molar-refractivity contribution >= 4 is 28.1 Å². The Morgan fingerprint density at radius 2 is 1.81 bits per heavy atom. The Labute approximate surface area is 277 Å². The van der Waals surface area contributed by atoms with Gasteiger partial charge in [-0.25, -0.2) is 18.7 Å². The minimum absolute atomic E-state index is 0.235. The zero-order chi connectivity index (χ0) is 33.3. The first-order chi connectivity index (χ1) is 22.8. The van der Waals surface area contributed by atoms with Gasteiger partial charge in [0.1, 0.15) is 29.5 Å². The summed E-state index contributed by atoms with van der Waals surface area (Å²) in [5, 5.41) is 7.96. The van der Waals surface area contributed by atoms with Gasteiger partial charge in [0.2, 0.25) is 0 Å². The van der Waals surface area contributed by atoms with Crippen LogP contribution in [0.1, 0.15) is 51.5 Å². The van der Waals surface area contributed by atoms with Crippen molar-refractivity contribution < 1.29 is 13.5 Å². The summed E-state index contributed by atoms with van der Waals surface area (Å²) in [6.45, 7) is 11.7. The summed E-state index contributed by atoms with van der Waals surface area (Å²) in [5.41, 5.74) is 5.38. The second-order valence-electron chi connectivity index (χ2n) is 12.2. The Morgan fingerprint density at radius 3 is 2.53 bits per heavy atom. The number of ether oxygens (including phenoxy) is 1. The van der Waals surface area contributed by atoms with E-state index in [1.54, 1.807) is 7.11 Å². The van der Waals surface area contributed by atoms with Gasteiger partial charge in [-0.15, -0.1) is 0 Å². The van der Waals surface area contributed by atoms with E-state index in [1.807, 2.05) is 30.3 Å². The molecule has 3 aromatic carbocycles.